The fraction of sp³-hybridized carbons (Fsp3) is 0.105. The first-order valence-corrected chi connectivity index (χ1v) is 7.07. The molecule has 0 spiro atoms. The summed E-state index contributed by atoms with van der Waals surface area (Å²) in [6, 6.07) is 17.0. The molecule has 0 N–H and O–H groups in total. The third-order valence-corrected chi connectivity index (χ3v) is 3.90. The van der Waals surface area contributed by atoms with Gasteiger partial charge in [-0.05, 0) is 0 Å². The van der Waals surface area contributed by atoms with Crippen LogP contribution in [0.5, 0.6) is 0 Å². The Morgan fingerprint density at radius 1 is 0.773 bits per heavy atom. The van der Waals surface area contributed by atoms with Gasteiger partial charge < -0.3 is 0 Å². The van der Waals surface area contributed by atoms with Crippen molar-refractivity contribution in [2.24, 2.45) is 5.41 Å². The van der Waals surface area contributed by atoms with Gasteiger partial charge in [0.2, 0.25) is 0 Å². The molecule has 1 aliphatic carbocycles. The lowest BCUT2D eigenvalue weighted by Crippen LogP contribution is -2.42. The quantitative estimate of drug-likeness (QED) is 0.493. The summed E-state index contributed by atoms with van der Waals surface area (Å²) in [4.78, 5) is 38.2. The number of allylic oxidation sites excluding steroid dienone is 2. The van der Waals surface area contributed by atoms with E-state index < -0.39 is 17.0 Å². The second-order valence-electron chi connectivity index (χ2n) is 5.23. The van der Waals surface area contributed by atoms with E-state index in [0.29, 0.717) is 11.1 Å². The Kier molecular flexibility index (Phi) is 3.55. The normalized spacial score (nSPS) is 15.7. The molecule has 0 aliphatic heterocycles. The summed E-state index contributed by atoms with van der Waals surface area (Å²) in [7, 11) is 0. The molecule has 0 aromatic heterocycles. The standard InChI is InChI=1S/C19H14O3/c20-16-12-7-13-19(16,17(21)14-8-3-1-4-9-14)18(22)15-10-5-2-6-11-15/h1-11,13H,12H2. The van der Waals surface area contributed by atoms with Crippen molar-refractivity contribution in [3.63, 3.8) is 0 Å². The molecular weight excluding hydrogens is 276 g/mol. The average Bonchev–Trinajstić information content (AvgIpc) is 2.97. The molecule has 0 saturated carbocycles. The van der Waals surface area contributed by atoms with E-state index in [1.807, 2.05) is 0 Å². The van der Waals surface area contributed by atoms with Gasteiger partial charge in [0, 0.05) is 17.5 Å². The summed E-state index contributed by atoms with van der Waals surface area (Å²) in [5, 5.41) is 0. The predicted octanol–water partition coefficient (Wildman–Crippen LogP) is 3.27. The van der Waals surface area contributed by atoms with Crippen LogP contribution in [-0.4, -0.2) is 17.3 Å². The molecule has 0 unspecified atom stereocenters. The van der Waals surface area contributed by atoms with Crippen molar-refractivity contribution in [1.82, 2.24) is 0 Å². The van der Waals surface area contributed by atoms with Gasteiger partial charge in [0.25, 0.3) is 0 Å². The smallest absolute Gasteiger partial charge is 0.188 e. The van der Waals surface area contributed by atoms with Crippen LogP contribution in [0.25, 0.3) is 0 Å². The molecule has 0 fully saturated rings. The van der Waals surface area contributed by atoms with Crippen LogP contribution in [0.4, 0.5) is 0 Å². The Bertz CT molecular complexity index is 706. The highest BCUT2D eigenvalue weighted by Crippen LogP contribution is 2.36. The predicted molar refractivity (Wildman–Crippen MR) is 82.7 cm³/mol. The van der Waals surface area contributed by atoms with E-state index in [0.717, 1.165) is 0 Å². The van der Waals surface area contributed by atoms with Crippen molar-refractivity contribution in [3.05, 3.63) is 83.9 Å². The Labute approximate surface area is 128 Å². The first kappa shape index (κ1) is 14.1. The zero-order chi connectivity index (χ0) is 15.6. The number of ketones is 3. The van der Waals surface area contributed by atoms with Gasteiger partial charge in [0.05, 0.1) is 0 Å². The van der Waals surface area contributed by atoms with E-state index in [4.69, 9.17) is 0 Å². The highest BCUT2D eigenvalue weighted by atomic mass is 16.2. The minimum absolute atomic E-state index is 0.108. The summed E-state index contributed by atoms with van der Waals surface area (Å²) in [6.45, 7) is 0. The highest BCUT2D eigenvalue weighted by molar-refractivity contribution is 6.35. The molecule has 0 bridgehead atoms. The summed E-state index contributed by atoms with van der Waals surface area (Å²) >= 11 is 0. The molecule has 0 heterocycles. The summed E-state index contributed by atoms with van der Waals surface area (Å²) in [5.41, 5.74) is -0.985. The molecule has 22 heavy (non-hydrogen) atoms. The lowest BCUT2D eigenvalue weighted by Gasteiger charge is -2.23. The SMILES string of the molecule is O=C1CC=CC1(C(=O)c1ccccc1)C(=O)c1ccccc1. The number of hydrogen-bond donors (Lipinski definition) is 0. The van der Waals surface area contributed by atoms with Crippen LogP contribution >= 0.6 is 0 Å². The molecule has 3 rings (SSSR count). The number of hydrogen-bond acceptors (Lipinski definition) is 3. The van der Waals surface area contributed by atoms with Crippen LogP contribution in [0.2, 0.25) is 0 Å². The van der Waals surface area contributed by atoms with Crippen molar-refractivity contribution < 1.29 is 14.4 Å². The van der Waals surface area contributed by atoms with Crippen LogP contribution in [0.3, 0.4) is 0 Å². The molecule has 3 heteroatoms. The van der Waals surface area contributed by atoms with Gasteiger partial charge >= 0.3 is 0 Å². The Hall–Kier alpha value is -2.81. The van der Waals surface area contributed by atoms with Crippen LogP contribution in [-0.2, 0) is 4.79 Å². The summed E-state index contributed by atoms with van der Waals surface area (Å²) in [6.07, 6.45) is 3.17. The van der Waals surface area contributed by atoms with Crippen LogP contribution in [0.15, 0.2) is 72.8 Å². The first-order valence-electron chi connectivity index (χ1n) is 7.07. The van der Waals surface area contributed by atoms with E-state index in [1.165, 1.54) is 6.08 Å². The fourth-order valence-electron chi connectivity index (χ4n) is 2.74. The van der Waals surface area contributed by atoms with Gasteiger partial charge in [-0.25, -0.2) is 0 Å². The maximum Gasteiger partial charge on any atom is 0.188 e. The molecular formula is C19H14O3. The van der Waals surface area contributed by atoms with E-state index in [9.17, 15) is 14.4 Å². The lowest BCUT2D eigenvalue weighted by molar-refractivity contribution is -0.121. The fourth-order valence-corrected chi connectivity index (χ4v) is 2.74. The molecule has 0 radical (unpaired) electrons. The maximum absolute atomic E-state index is 12.9. The van der Waals surface area contributed by atoms with Gasteiger partial charge in [-0.1, -0.05) is 72.8 Å². The second-order valence-corrected chi connectivity index (χ2v) is 5.23. The summed E-state index contributed by atoms with van der Waals surface area (Å²) in [5.74, 6) is -1.28. The highest BCUT2D eigenvalue weighted by Gasteiger charge is 2.51. The zero-order valence-electron chi connectivity index (χ0n) is 11.9. The molecule has 3 nitrogen and oxygen atoms in total. The van der Waals surface area contributed by atoms with Crippen molar-refractivity contribution in [2.45, 2.75) is 6.42 Å². The molecule has 108 valence electrons. The first-order chi connectivity index (χ1) is 10.7. The minimum atomic E-state index is -1.72. The van der Waals surface area contributed by atoms with Crippen molar-refractivity contribution in [2.75, 3.05) is 0 Å². The van der Waals surface area contributed by atoms with Crippen LogP contribution in [0, 0.1) is 5.41 Å². The van der Waals surface area contributed by atoms with E-state index >= 15 is 0 Å². The molecule has 1 aliphatic rings. The van der Waals surface area contributed by atoms with Crippen molar-refractivity contribution in [3.8, 4) is 0 Å². The molecule has 0 atom stereocenters. The topological polar surface area (TPSA) is 51.2 Å². The minimum Gasteiger partial charge on any atom is -0.297 e. The van der Waals surface area contributed by atoms with Gasteiger partial charge in [0.15, 0.2) is 22.8 Å². The molecule has 0 saturated heterocycles. The van der Waals surface area contributed by atoms with Crippen LogP contribution in [0.1, 0.15) is 27.1 Å². The van der Waals surface area contributed by atoms with Gasteiger partial charge in [-0.3, -0.25) is 14.4 Å². The largest absolute Gasteiger partial charge is 0.297 e. The van der Waals surface area contributed by atoms with Crippen molar-refractivity contribution in [1.29, 1.82) is 0 Å². The maximum atomic E-state index is 12.9. The Balaban J connectivity index is 2.11. The Morgan fingerprint density at radius 2 is 1.23 bits per heavy atom. The van der Waals surface area contributed by atoms with Gasteiger partial charge in [-0.2, -0.15) is 0 Å². The zero-order valence-corrected chi connectivity index (χ0v) is 11.9. The number of benzene rings is 2. The molecule has 2 aromatic rings. The monoisotopic (exact) mass is 290 g/mol. The number of Topliss-reactive ketones (excluding diaryl/α,β-unsaturated/α-hetero) is 3. The van der Waals surface area contributed by atoms with Crippen LogP contribution < -0.4 is 0 Å². The van der Waals surface area contributed by atoms with Gasteiger partial charge in [-0.15, -0.1) is 0 Å². The molecule has 0 amide bonds. The third-order valence-electron chi connectivity index (χ3n) is 3.90. The van der Waals surface area contributed by atoms with E-state index in [-0.39, 0.29) is 12.2 Å². The number of rotatable bonds is 4. The van der Waals surface area contributed by atoms with E-state index in [2.05, 4.69) is 0 Å². The average molecular weight is 290 g/mol. The number of carbonyl (C=O) groups is 3. The lowest BCUT2D eigenvalue weighted by atomic mass is 9.73. The number of carbonyl (C=O) groups excluding carboxylic acids is 3. The van der Waals surface area contributed by atoms with E-state index in [1.54, 1.807) is 66.7 Å². The second kappa shape index (κ2) is 5.53. The van der Waals surface area contributed by atoms with Gasteiger partial charge in [0.1, 0.15) is 0 Å². The Morgan fingerprint density at radius 3 is 1.59 bits per heavy atom. The summed E-state index contributed by atoms with van der Waals surface area (Å²) < 4.78 is 0. The third kappa shape index (κ3) is 2.11. The molecule has 2 aromatic carbocycles. The van der Waals surface area contributed by atoms with Crippen molar-refractivity contribution >= 4 is 17.3 Å².